The molecule has 0 saturated carbocycles. The topological polar surface area (TPSA) is 53.8 Å². The predicted octanol–water partition coefficient (Wildman–Crippen LogP) is 4.74. The van der Waals surface area contributed by atoms with Crippen LogP contribution in [0, 0.1) is 13.8 Å². The van der Waals surface area contributed by atoms with Gasteiger partial charge in [-0.15, -0.1) is 16.5 Å². The maximum absolute atomic E-state index is 11.2. The van der Waals surface area contributed by atoms with E-state index < -0.39 is 0 Å². The number of carbonyl (C=O) groups excluding carboxylic acids is 1. The highest BCUT2D eigenvalue weighted by molar-refractivity contribution is 7.17. The van der Waals surface area contributed by atoms with E-state index in [4.69, 9.17) is 0 Å². The first kappa shape index (κ1) is 13.4. The van der Waals surface area contributed by atoms with Crippen LogP contribution in [0.25, 0.3) is 0 Å². The number of hydrogen-bond donors (Lipinski definition) is 1. The van der Waals surface area contributed by atoms with E-state index in [-0.39, 0.29) is 5.91 Å². The van der Waals surface area contributed by atoms with Crippen molar-refractivity contribution in [2.24, 2.45) is 10.2 Å². The summed E-state index contributed by atoms with van der Waals surface area (Å²) in [5.41, 5.74) is 2.58. The van der Waals surface area contributed by atoms with Crippen molar-refractivity contribution in [3.8, 4) is 0 Å². The van der Waals surface area contributed by atoms with Crippen LogP contribution in [0.2, 0.25) is 0 Å². The van der Waals surface area contributed by atoms with Crippen molar-refractivity contribution in [2.45, 2.75) is 20.8 Å². The van der Waals surface area contributed by atoms with Gasteiger partial charge in [0.25, 0.3) is 0 Å². The summed E-state index contributed by atoms with van der Waals surface area (Å²) in [5.74, 6) is -0.0996. The summed E-state index contributed by atoms with van der Waals surface area (Å²) in [5, 5.41) is 12.0. The quantitative estimate of drug-likeness (QED) is 0.807. The zero-order chi connectivity index (χ0) is 13.8. The molecule has 0 fully saturated rings. The Morgan fingerprint density at radius 1 is 1.16 bits per heavy atom. The molecule has 1 aromatic carbocycles. The lowest BCUT2D eigenvalue weighted by Crippen LogP contribution is -2.03. The Morgan fingerprint density at radius 2 is 1.84 bits per heavy atom. The van der Waals surface area contributed by atoms with Crippen molar-refractivity contribution in [3.63, 3.8) is 0 Å². The molecule has 2 rings (SSSR count). The van der Waals surface area contributed by atoms with Gasteiger partial charge >= 0.3 is 0 Å². The minimum Gasteiger partial charge on any atom is -0.316 e. The molecular formula is C14H15N3OS. The summed E-state index contributed by atoms with van der Waals surface area (Å²) in [6, 6.07) is 9.53. The van der Waals surface area contributed by atoms with Crippen LogP contribution in [0.1, 0.15) is 17.4 Å². The molecule has 0 atom stereocenters. The minimum absolute atomic E-state index is 0.0996. The number of benzene rings is 1. The minimum atomic E-state index is -0.0996. The molecule has 1 amide bonds. The molecule has 0 spiro atoms. The molecule has 5 heteroatoms. The summed E-state index contributed by atoms with van der Waals surface area (Å²) in [6.45, 7) is 5.48. The Morgan fingerprint density at radius 3 is 2.47 bits per heavy atom. The van der Waals surface area contributed by atoms with Crippen LogP contribution in [0.5, 0.6) is 0 Å². The number of hydrogen-bond acceptors (Lipinski definition) is 4. The maximum Gasteiger partial charge on any atom is 0.221 e. The van der Waals surface area contributed by atoms with Crippen molar-refractivity contribution < 1.29 is 4.79 Å². The van der Waals surface area contributed by atoms with Gasteiger partial charge in [0.1, 0.15) is 10.7 Å². The SMILES string of the molecule is CC(=O)Nc1sc(C)c(C)c1N=Nc1ccccc1. The Kier molecular flexibility index (Phi) is 4.06. The van der Waals surface area contributed by atoms with Gasteiger partial charge in [-0.05, 0) is 31.5 Å². The second kappa shape index (κ2) is 5.75. The summed E-state index contributed by atoms with van der Waals surface area (Å²) in [6.07, 6.45) is 0. The molecule has 0 radical (unpaired) electrons. The second-order valence-electron chi connectivity index (χ2n) is 4.18. The van der Waals surface area contributed by atoms with Gasteiger partial charge in [0.15, 0.2) is 0 Å². The van der Waals surface area contributed by atoms with Crippen molar-refractivity contribution in [2.75, 3.05) is 5.32 Å². The van der Waals surface area contributed by atoms with Crippen molar-refractivity contribution in [1.82, 2.24) is 0 Å². The number of nitrogens with one attached hydrogen (secondary N) is 1. The summed E-state index contributed by atoms with van der Waals surface area (Å²) in [4.78, 5) is 12.3. The number of azo groups is 1. The van der Waals surface area contributed by atoms with Crippen LogP contribution < -0.4 is 5.32 Å². The van der Waals surface area contributed by atoms with E-state index in [9.17, 15) is 4.79 Å². The van der Waals surface area contributed by atoms with E-state index in [2.05, 4.69) is 15.5 Å². The Balaban J connectivity index is 2.33. The number of carbonyl (C=O) groups is 1. The Hall–Kier alpha value is -2.01. The predicted molar refractivity (Wildman–Crippen MR) is 78.7 cm³/mol. The largest absolute Gasteiger partial charge is 0.316 e. The van der Waals surface area contributed by atoms with Crippen molar-refractivity contribution in [3.05, 3.63) is 40.8 Å². The van der Waals surface area contributed by atoms with Crippen LogP contribution in [0.3, 0.4) is 0 Å². The third-order valence-electron chi connectivity index (χ3n) is 2.66. The fourth-order valence-corrected chi connectivity index (χ4v) is 2.62. The molecule has 1 N–H and O–H groups in total. The number of rotatable bonds is 3. The monoisotopic (exact) mass is 273 g/mol. The zero-order valence-electron chi connectivity index (χ0n) is 11.1. The number of amides is 1. The van der Waals surface area contributed by atoms with Crippen LogP contribution in [0.4, 0.5) is 16.4 Å². The van der Waals surface area contributed by atoms with Crippen LogP contribution >= 0.6 is 11.3 Å². The molecule has 0 unspecified atom stereocenters. The molecule has 98 valence electrons. The average molecular weight is 273 g/mol. The molecule has 19 heavy (non-hydrogen) atoms. The van der Waals surface area contributed by atoms with Gasteiger partial charge in [0, 0.05) is 11.8 Å². The fraction of sp³-hybridized carbons (Fsp3) is 0.214. The third kappa shape index (κ3) is 3.26. The van der Waals surface area contributed by atoms with Crippen LogP contribution in [-0.4, -0.2) is 5.91 Å². The highest BCUT2D eigenvalue weighted by atomic mass is 32.1. The number of anilines is 1. The van der Waals surface area contributed by atoms with E-state index in [1.54, 1.807) is 0 Å². The van der Waals surface area contributed by atoms with Gasteiger partial charge in [0.2, 0.25) is 5.91 Å². The Bertz CT molecular complexity index is 617. The second-order valence-corrected chi connectivity index (χ2v) is 5.40. The summed E-state index contributed by atoms with van der Waals surface area (Å²) in [7, 11) is 0. The Labute approximate surface area is 116 Å². The molecule has 0 bridgehead atoms. The zero-order valence-corrected chi connectivity index (χ0v) is 11.9. The number of aryl methyl sites for hydroxylation is 1. The third-order valence-corrected chi connectivity index (χ3v) is 3.78. The molecule has 0 saturated heterocycles. The number of nitrogens with zero attached hydrogens (tertiary/aromatic N) is 2. The highest BCUT2D eigenvalue weighted by Gasteiger charge is 2.13. The van der Waals surface area contributed by atoms with Crippen molar-refractivity contribution >= 4 is 33.6 Å². The first-order valence-corrected chi connectivity index (χ1v) is 6.74. The van der Waals surface area contributed by atoms with Gasteiger partial charge in [-0.25, -0.2) is 0 Å². The summed E-state index contributed by atoms with van der Waals surface area (Å²) >= 11 is 1.52. The lowest BCUT2D eigenvalue weighted by molar-refractivity contribution is -0.114. The molecule has 1 heterocycles. The molecule has 0 aliphatic carbocycles. The van der Waals surface area contributed by atoms with Gasteiger partial charge in [0.05, 0.1) is 5.69 Å². The fourth-order valence-electron chi connectivity index (χ4n) is 1.58. The average Bonchev–Trinajstić information content (AvgIpc) is 2.63. The maximum atomic E-state index is 11.2. The smallest absolute Gasteiger partial charge is 0.221 e. The van der Waals surface area contributed by atoms with Crippen molar-refractivity contribution in [1.29, 1.82) is 0 Å². The highest BCUT2D eigenvalue weighted by Crippen LogP contribution is 2.40. The van der Waals surface area contributed by atoms with E-state index >= 15 is 0 Å². The summed E-state index contributed by atoms with van der Waals surface area (Å²) < 4.78 is 0. The molecule has 0 aliphatic rings. The van der Waals surface area contributed by atoms with E-state index in [1.807, 2.05) is 44.2 Å². The van der Waals surface area contributed by atoms with Crippen LogP contribution in [0.15, 0.2) is 40.6 Å². The van der Waals surface area contributed by atoms with E-state index in [0.717, 1.165) is 26.8 Å². The van der Waals surface area contributed by atoms with E-state index in [0.29, 0.717) is 0 Å². The number of thiophene rings is 1. The molecule has 1 aromatic heterocycles. The normalized spacial score (nSPS) is 10.9. The van der Waals surface area contributed by atoms with Gasteiger partial charge < -0.3 is 5.32 Å². The van der Waals surface area contributed by atoms with Gasteiger partial charge in [-0.2, -0.15) is 5.11 Å². The lowest BCUT2D eigenvalue weighted by atomic mass is 10.2. The van der Waals surface area contributed by atoms with Gasteiger partial charge in [-0.1, -0.05) is 18.2 Å². The van der Waals surface area contributed by atoms with E-state index in [1.165, 1.54) is 18.3 Å². The van der Waals surface area contributed by atoms with Crippen LogP contribution in [-0.2, 0) is 4.79 Å². The molecule has 0 aliphatic heterocycles. The standard InChI is InChI=1S/C14H15N3OS/c1-9-10(2)19-14(15-11(3)18)13(9)17-16-12-7-5-4-6-8-12/h4-8H,1-3H3,(H,15,18). The molecular weight excluding hydrogens is 258 g/mol. The van der Waals surface area contributed by atoms with Gasteiger partial charge in [-0.3, -0.25) is 4.79 Å². The first-order chi connectivity index (χ1) is 9.08. The molecule has 2 aromatic rings. The molecule has 4 nitrogen and oxygen atoms in total. The first-order valence-electron chi connectivity index (χ1n) is 5.92. The lowest BCUT2D eigenvalue weighted by Gasteiger charge is -1.99.